The number of carbonyl (C=O) groups excluding carboxylic acids is 2. The Morgan fingerprint density at radius 2 is 1.03 bits per heavy atom. The molecular formula is C26H20FNO2. The molecule has 2 amide bonds. The predicted molar refractivity (Wildman–Crippen MR) is 112 cm³/mol. The SMILES string of the molecule is CC12c3ccccc3C(C)(c3ccccc31)[C@@H]1C(=O)N(c3ccc(F)cc3)C(=O)[C@H]12. The van der Waals surface area contributed by atoms with E-state index in [0.29, 0.717) is 5.69 Å². The van der Waals surface area contributed by atoms with Crippen LogP contribution in [0.5, 0.6) is 0 Å². The first-order valence-corrected chi connectivity index (χ1v) is 10.2. The molecule has 148 valence electrons. The summed E-state index contributed by atoms with van der Waals surface area (Å²) in [5.74, 6) is -1.78. The molecular weight excluding hydrogens is 377 g/mol. The van der Waals surface area contributed by atoms with E-state index in [-0.39, 0.29) is 11.8 Å². The van der Waals surface area contributed by atoms with Crippen LogP contribution in [0.3, 0.4) is 0 Å². The largest absolute Gasteiger partial charge is 0.274 e. The summed E-state index contributed by atoms with van der Waals surface area (Å²) in [5, 5.41) is 0. The normalized spacial score (nSPS) is 30.8. The summed E-state index contributed by atoms with van der Waals surface area (Å²) in [4.78, 5) is 28.9. The Morgan fingerprint density at radius 3 is 1.40 bits per heavy atom. The molecule has 3 aromatic carbocycles. The van der Waals surface area contributed by atoms with Gasteiger partial charge in [-0.1, -0.05) is 62.4 Å². The second kappa shape index (κ2) is 5.45. The Hall–Kier alpha value is -3.27. The molecule has 3 aromatic rings. The third kappa shape index (κ3) is 1.77. The van der Waals surface area contributed by atoms with Gasteiger partial charge in [-0.05, 0) is 46.5 Å². The molecule has 3 aliphatic carbocycles. The molecule has 3 nitrogen and oxygen atoms in total. The number of benzene rings is 3. The fourth-order valence-electron chi connectivity index (χ4n) is 6.42. The van der Waals surface area contributed by atoms with Crippen molar-refractivity contribution in [3.63, 3.8) is 0 Å². The zero-order valence-electron chi connectivity index (χ0n) is 16.7. The molecule has 1 saturated heterocycles. The summed E-state index contributed by atoms with van der Waals surface area (Å²) in [6.45, 7) is 4.20. The minimum atomic E-state index is -0.600. The molecule has 1 heterocycles. The first-order chi connectivity index (χ1) is 14.4. The van der Waals surface area contributed by atoms with Crippen LogP contribution < -0.4 is 4.90 Å². The molecule has 2 atom stereocenters. The van der Waals surface area contributed by atoms with Crippen LogP contribution in [0.2, 0.25) is 0 Å². The monoisotopic (exact) mass is 397 g/mol. The van der Waals surface area contributed by atoms with Gasteiger partial charge in [0.2, 0.25) is 11.8 Å². The summed E-state index contributed by atoms with van der Waals surface area (Å²) in [7, 11) is 0. The van der Waals surface area contributed by atoms with Gasteiger partial charge in [0, 0.05) is 10.8 Å². The van der Waals surface area contributed by atoms with Crippen LogP contribution in [0.25, 0.3) is 0 Å². The van der Waals surface area contributed by atoms with Gasteiger partial charge < -0.3 is 0 Å². The van der Waals surface area contributed by atoms with Crippen molar-refractivity contribution in [3.8, 4) is 0 Å². The zero-order valence-corrected chi connectivity index (χ0v) is 16.7. The highest BCUT2D eigenvalue weighted by atomic mass is 19.1. The Kier molecular flexibility index (Phi) is 3.19. The van der Waals surface area contributed by atoms with Gasteiger partial charge in [0.15, 0.2) is 0 Å². The molecule has 4 heteroatoms. The van der Waals surface area contributed by atoms with Gasteiger partial charge in [-0.25, -0.2) is 9.29 Å². The smallest absolute Gasteiger partial charge is 0.238 e. The van der Waals surface area contributed by atoms with E-state index in [0.717, 1.165) is 22.3 Å². The van der Waals surface area contributed by atoms with Crippen molar-refractivity contribution in [1.29, 1.82) is 0 Å². The molecule has 2 bridgehead atoms. The average Bonchev–Trinajstić information content (AvgIpc) is 3.04. The second-order valence-corrected chi connectivity index (χ2v) is 8.94. The van der Waals surface area contributed by atoms with Crippen molar-refractivity contribution in [2.24, 2.45) is 11.8 Å². The highest BCUT2D eigenvalue weighted by Crippen LogP contribution is 2.66. The molecule has 0 saturated carbocycles. The number of carbonyl (C=O) groups is 2. The Bertz CT molecular complexity index is 1120. The number of anilines is 1. The summed E-state index contributed by atoms with van der Waals surface area (Å²) < 4.78 is 13.5. The maximum absolute atomic E-state index is 13.8. The Morgan fingerprint density at radius 1 is 0.667 bits per heavy atom. The van der Waals surface area contributed by atoms with Crippen LogP contribution >= 0.6 is 0 Å². The van der Waals surface area contributed by atoms with Crippen LogP contribution in [0.1, 0.15) is 36.1 Å². The minimum absolute atomic E-state index is 0.200. The molecule has 0 spiro atoms. The van der Waals surface area contributed by atoms with Gasteiger partial charge in [0.25, 0.3) is 0 Å². The maximum atomic E-state index is 13.8. The summed E-state index contributed by atoms with van der Waals surface area (Å²) >= 11 is 0. The summed E-state index contributed by atoms with van der Waals surface area (Å²) in [6.07, 6.45) is 0. The number of hydrogen-bond acceptors (Lipinski definition) is 2. The number of rotatable bonds is 1. The fourth-order valence-corrected chi connectivity index (χ4v) is 6.42. The van der Waals surface area contributed by atoms with E-state index in [1.807, 2.05) is 24.3 Å². The number of amides is 2. The molecule has 0 radical (unpaired) electrons. The lowest BCUT2D eigenvalue weighted by Crippen LogP contribution is -2.59. The van der Waals surface area contributed by atoms with E-state index >= 15 is 0 Å². The van der Waals surface area contributed by atoms with Crippen molar-refractivity contribution in [2.75, 3.05) is 4.90 Å². The van der Waals surface area contributed by atoms with Crippen molar-refractivity contribution in [2.45, 2.75) is 24.7 Å². The topological polar surface area (TPSA) is 37.4 Å². The summed E-state index contributed by atoms with van der Waals surface area (Å²) in [6, 6.07) is 22.0. The Labute approximate surface area is 174 Å². The fraction of sp³-hybridized carbons (Fsp3) is 0.231. The molecule has 0 N–H and O–H groups in total. The second-order valence-electron chi connectivity index (χ2n) is 8.94. The van der Waals surface area contributed by atoms with Crippen LogP contribution in [-0.2, 0) is 20.4 Å². The van der Waals surface area contributed by atoms with Crippen molar-refractivity contribution < 1.29 is 14.0 Å². The van der Waals surface area contributed by atoms with Gasteiger partial charge in [-0.3, -0.25) is 9.59 Å². The number of nitrogens with zero attached hydrogens (tertiary/aromatic N) is 1. The van der Waals surface area contributed by atoms with Crippen molar-refractivity contribution in [3.05, 3.63) is 101 Å². The third-order valence-electron chi connectivity index (χ3n) is 7.73. The van der Waals surface area contributed by atoms with E-state index < -0.39 is 28.5 Å². The quantitative estimate of drug-likeness (QED) is 0.564. The van der Waals surface area contributed by atoms with Crippen LogP contribution in [0.15, 0.2) is 72.8 Å². The minimum Gasteiger partial charge on any atom is -0.274 e. The highest BCUT2D eigenvalue weighted by Gasteiger charge is 2.70. The van der Waals surface area contributed by atoms with E-state index in [2.05, 4.69) is 38.1 Å². The molecule has 4 aliphatic rings. The first-order valence-electron chi connectivity index (χ1n) is 10.2. The van der Waals surface area contributed by atoms with E-state index in [9.17, 15) is 14.0 Å². The maximum Gasteiger partial charge on any atom is 0.238 e. The lowest BCUT2D eigenvalue weighted by atomic mass is 9.42. The lowest BCUT2D eigenvalue weighted by molar-refractivity contribution is -0.124. The van der Waals surface area contributed by atoms with Gasteiger partial charge in [-0.15, -0.1) is 0 Å². The van der Waals surface area contributed by atoms with Gasteiger partial charge in [-0.2, -0.15) is 0 Å². The highest BCUT2D eigenvalue weighted by molar-refractivity contribution is 6.24. The predicted octanol–water partition coefficient (Wildman–Crippen LogP) is 4.57. The summed E-state index contributed by atoms with van der Waals surface area (Å²) in [5.41, 5.74) is 3.71. The molecule has 7 rings (SSSR count). The van der Waals surface area contributed by atoms with Gasteiger partial charge in [0.05, 0.1) is 17.5 Å². The van der Waals surface area contributed by atoms with Crippen LogP contribution in [0, 0.1) is 17.7 Å². The first kappa shape index (κ1) is 17.6. The lowest BCUT2D eigenvalue weighted by Gasteiger charge is -2.57. The number of imide groups is 1. The molecule has 0 aromatic heterocycles. The average molecular weight is 397 g/mol. The molecule has 0 unspecified atom stereocenters. The standard InChI is InChI=1S/C26H20FNO2/c1-25-17-7-3-5-9-19(17)26(2,20-10-6-4-8-18(20)25)22-21(25)23(29)28(24(22)30)16-13-11-15(27)12-14-16/h3-14,21-22H,1-2H3/t21-,22-,25?,26?/m0/s1. The van der Waals surface area contributed by atoms with E-state index in [4.69, 9.17) is 0 Å². The third-order valence-corrected chi connectivity index (χ3v) is 7.73. The van der Waals surface area contributed by atoms with Crippen molar-refractivity contribution >= 4 is 17.5 Å². The zero-order chi connectivity index (χ0) is 20.8. The number of halogens is 1. The van der Waals surface area contributed by atoms with Crippen molar-refractivity contribution in [1.82, 2.24) is 0 Å². The molecule has 1 fully saturated rings. The van der Waals surface area contributed by atoms with Gasteiger partial charge >= 0.3 is 0 Å². The van der Waals surface area contributed by atoms with E-state index in [1.165, 1.54) is 29.2 Å². The van der Waals surface area contributed by atoms with Crippen LogP contribution in [0.4, 0.5) is 10.1 Å². The van der Waals surface area contributed by atoms with E-state index in [1.54, 1.807) is 0 Å². The van der Waals surface area contributed by atoms with Gasteiger partial charge in [0.1, 0.15) is 5.82 Å². The number of hydrogen-bond donors (Lipinski definition) is 0. The van der Waals surface area contributed by atoms with Crippen LogP contribution in [-0.4, -0.2) is 11.8 Å². The molecule has 30 heavy (non-hydrogen) atoms. The molecule has 1 aliphatic heterocycles. The Balaban J connectivity index is 1.66.